The van der Waals surface area contributed by atoms with Crippen LogP contribution in [0.5, 0.6) is 0 Å². The molecule has 0 saturated heterocycles. The molecule has 2 rings (SSSR count). The average Bonchev–Trinajstić information content (AvgIpc) is 3.13. The molecule has 0 aliphatic carbocycles. The Kier molecular flexibility index (Phi) is 8.41. The number of allylic oxidation sites excluding steroid dienone is 3. The van der Waals surface area contributed by atoms with E-state index in [1.165, 1.54) is 6.42 Å². The summed E-state index contributed by atoms with van der Waals surface area (Å²) in [5.41, 5.74) is 4.97. The van der Waals surface area contributed by atoms with Gasteiger partial charge in [0.1, 0.15) is 0 Å². The number of rotatable bonds is 10. The maximum Gasteiger partial charge on any atom is 0.677 e. The Morgan fingerprint density at radius 3 is 2.45 bits per heavy atom. The maximum absolute atomic E-state index is 13.8. The molecule has 0 atom stereocenters. The van der Waals surface area contributed by atoms with Crippen molar-refractivity contribution in [3.63, 3.8) is 0 Å². The normalized spacial score (nSPS) is 15.3. The van der Waals surface area contributed by atoms with Gasteiger partial charge in [-0.3, -0.25) is 18.4 Å². The number of aliphatic imine (C=N–C) groups is 1. The van der Waals surface area contributed by atoms with Crippen molar-refractivity contribution in [2.24, 2.45) is 4.99 Å². The van der Waals surface area contributed by atoms with E-state index in [9.17, 15) is 13.4 Å². The Balaban J connectivity index is 2.26. The minimum Gasteiger partial charge on any atom is -0.356 e. The molecule has 0 spiro atoms. The predicted octanol–water partition coefficient (Wildman–Crippen LogP) is 5.49. The lowest BCUT2D eigenvalue weighted by molar-refractivity contribution is -0.120. The highest BCUT2D eigenvalue weighted by atomic mass is 19.2. The number of carbonyl (C=O) groups excluding carboxylic acids is 1. The number of hydrogen-bond acceptors (Lipinski definition) is 2. The SMILES string of the molecule is CCCCCCNC(=O)CC/C(=C1/N=C(C)C=C1C)c1c(C)cc(C)n1B(F)F. The van der Waals surface area contributed by atoms with Gasteiger partial charge in [0.25, 0.3) is 0 Å². The fourth-order valence-electron chi connectivity index (χ4n) is 3.89. The first-order valence-corrected chi connectivity index (χ1v) is 10.5. The smallest absolute Gasteiger partial charge is 0.356 e. The second-order valence-electron chi connectivity index (χ2n) is 7.78. The van der Waals surface area contributed by atoms with Gasteiger partial charge >= 0.3 is 7.40 Å². The fraction of sp³-hybridized carbons (Fsp3) is 0.545. The van der Waals surface area contributed by atoms with Crippen molar-refractivity contribution in [3.8, 4) is 0 Å². The lowest BCUT2D eigenvalue weighted by atomic mass is 9.97. The number of unbranched alkanes of at least 4 members (excludes halogenated alkanes) is 3. The van der Waals surface area contributed by atoms with Crippen molar-refractivity contribution in [1.82, 2.24) is 9.79 Å². The molecule has 0 radical (unpaired) electrons. The van der Waals surface area contributed by atoms with Crippen molar-refractivity contribution < 1.29 is 13.4 Å². The molecule has 7 heteroatoms. The molecule has 158 valence electrons. The van der Waals surface area contributed by atoms with E-state index in [-0.39, 0.29) is 12.3 Å². The fourth-order valence-corrected chi connectivity index (χ4v) is 3.89. The van der Waals surface area contributed by atoms with Gasteiger partial charge in [0.2, 0.25) is 5.91 Å². The summed E-state index contributed by atoms with van der Waals surface area (Å²) in [4.78, 5) is 16.9. The number of nitrogens with one attached hydrogen (secondary N) is 1. The van der Waals surface area contributed by atoms with Gasteiger partial charge in [-0.1, -0.05) is 26.2 Å². The maximum atomic E-state index is 13.8. The first-order valence-electron chi connectivity index (χ1n) is 10.5. The van der Waals surface area contributed by atoms with Crippen LogP contribution >= 0.6 is 0 Å². The number of aryl methyl sites for hydroxylation is 2. The predicted molar refractivity (Wildman–Crippen MR) is 117 cm³/mol. The number of carbonyl (C=O) groups is 1. The summed E-state index contributed by atoms with van der Waals surface area (Å²) in [6.07, 6.45) is 6.95. The molecule has 0 aromatic carbocycles. The van der Waals surface area contributed by atoms with E-state index in [4.69, 9.17) is 0 Å². The van der Waals surface area contributed by atoms with Gasteiger partial charge in [-0.15, -0.1) is 0 Å². The standard InChI is InChI=1S/C22H32BF2N3O/c1-6-7-8-9-12-26-20(29)11-10-19(21-15(2)13-17(4)27-21)22-16(3)14-18(5)28(22)23(24)25/h13-14H,6-12H2,1-5H3,(H,26,29)/b21-19-. The van der Waals surface area contributed by atoms with Crippen LogP contribution in [0.15, 0.2) is 28.4 Å². The highest BCUT2D eigenvalue weighted by molar-refractivity contribution is 6.41. The van der Waals surface area contributed by atoms with E-state index in [1.807, 2.05) is 26.8 Å². The van der Waals surface area contributed by atoms with Gasteiger partial charge in [0.05, 0.1) is 5.70 Å². The first kappa shape index (κ1) is 23.1. The van der Waals surface area contributed by atoms with Gasteiger partial charge in [0, 0.05) is 35.6 Å². The molecule has 1 N–H and O–H groups in total. The van der Waals surface area contributed by atoms with Gasteiger partial charge < -0.3 is 9.79 Å². The van der Waals surface area contributed by atoms with Gasteiger partial charge in [-0.05, 0) is 63.8 Å². The Labute approximate surface area is 173 Å². The van der Waals surface area contributed by atoms with Crippen molar-refractivity contribution in [2.45, 2.75) is 73.1 Å². The molecule has 0 fully saturated rings. The van der Waals surface area contributed by atoms with Gasteiger partial charge in [0.15, 0.2) is 0 Å². The van der Waals surface area contributed by atoms with Gasteiger partial charge in [-0.25, -0.2) is 0 Å². The monoisotopic (exact) mass is 403 g/mol. The molecule has 1 aromatic rings. The third kappa shape index (κ3) is 5.90. The van der Waals surface area contributed by atoms with Crippen molar-refractivity contribution in [1.29, 1.82) is 0 Å². The second kappa shape index (κ2) is 10.6. The van der Waals surface area contributed by atoms with E-state index in [0.717, 1.165) is 40.6 Å². The van der Waals surface area contributed by atoms with E-state index in [2.05, 4.69) is 17.2 Å². The largest absolute Gasteiger partial charge is 0.677 e. The Morgan fingerprint density at radius 1 is 1.14 bits per heavy atom. The molecular weight excluding hydrogens is 371 g/mol. The number of halogens is 2. The second-order valence-corrected chi connectivity index (χ2v) is 7.78. The van der Waals surface area contributed by atoms with Crippen LogP contribution in [0.3, 0.4) is 0 Å². The molecule has 29 heavy (non-hydrogen) atoms. The zero-order chi connectivity index (χ0) is 21.6. The van der Waals surface area contributed by atoms with Crippen LogP contribution in [0.25, 0.3) is 5.57 Å². The van der Waals surface area contributed by atoms with E-state index >= 15 is 0 Å². The summed E-state index contributed by atoms with van der Waals surface area (Å²) in [6.45, 7) is 10.1. The molecule has 1 aliphatic rings. The highest BCUT2D eigenvalue weighted by Gasteiger charge is 2.28. The number of aromatic nitrogens is 1. The number of nitrogens with zero attached hydrogens (tertiary/aromatic N) is 2. The van der Waals surface area contributed by atoms with Crippen LogP contribution < -0.4 is 5.32 Å². The molecule has 4 nitrogen and oxygen atoms in total. The van der Waals surface area contributed by atoms with Crippen molar-refractivity contribution in [3.05, 3.63) is 40.4 Å². The van der Waals surface area contributed by atoms with Crippen LogP contribution in [-0.2, 0) is 4.79 Å². The number of amides is 1. The third-order valence-corrected chi connectivity index (χ3v) is 5.23. The Morgan fingerprint density at radius 2 is 1.86 bits per heavy atom. The summed E-state index contributed by atoms with van der Waals surface area (Å²) in [5.74, 6) is -0.0514. The van der Waals surface area contributed by atoms with Crippen molar-refractivity contribution >= 4 is 24.6 Å². The summed E-state index contributed by atoms with van der Waals surface area (Å²) in [5, 5.41) is 2.95. The van der Waals surface area contributed by atoms with Crippen LogP contribution in [0.1, 0.15) is 76.2 Å². The summed E-state index contributed by atoms with van der Waals surface area (Å²) in [7, 11) is -2.64. The van der Waals surface area contributed by atoms with E-state index < -0.39 is 7.40 Å². The molecular formula is C22H32BF2N3O. The minimum absolute atomic E-state index is 0.0514. The lowest BCUT2D eigenvalue weighted by Gasteiger charge is -2.16. The molecule has 2 heterocycles. The molecule has 1 aliphatic heterocycles. The summed E-state index contributed by atoms with van der Waals surface area (Å²) in [6, 6.07) is 1.76. The summed E-state index contributed by atoms with van der Waals surface area (Å²) < 4.78 is 28.7. The zero-order valence-corrected chi connectivity index (χ0v) is 18.2. The summed E-state index contributed by atoms with van der Waals surface area (Å²) >= 11 is 0. The topological polar surface area (TPSA) is 46.4 Å². The van der Waals surface area contributed by atoms with Crippen LogP contribution in [0.2, 0.25) is 0 Å². The van der Waals surface area contributed by atoms with E-state index in [1.54, 1.807) is 13.0 Å². The van der Waals surface area contributed by atoms with E-state index in [0.29, 0.717) is 35.6 Å². The van der Waals surface area contributed by atoms with Crippen LogP contribution in [0, 0.1) is 13.8 Å². The Hall–Kier alpha value is -2.18. The number of hydrogen-bond donors (Lipinski definition) is 1. The quantitative estimate of drug-likeness (QED) is 0.408. The molecule has 0 saturated carbocycles. The third-order valence-electron chi connectivity index (χ3n) is 5.23. The zero-order valence-electron chi connectivity index (χ0n) is 18.2. The molecule has 1 aromatic heterocycles. The van der Waals surface area contributed by atoms with Crippen LogP contribution in [-0.4, -0.2) is 30.0 Å². The average molecular weight is 403 g/mol. The molecule has 0 bridgehead atoms. The highest BCUT2D eigenvalue weighted by Crippen LogP contribution is 2.35. The molecule has 0 unspecified atom stereocenters. The van der Waals surface area contributed by atoms with Crippen molar-refractivity contribution in [2.75, 3.05) is 6.54 Å². The molecule has 1 amide bonds. The van der Waals surface area contributed by atoms with Crippen LogP contribution in [0.4, 0.5) is 8.63 Å². The van der Waals surface area contributed by atoms with Gasteiger partial charge in [-0.2, -0.15) is 0 Å². The lowest BCUT2D eigenvalue weighted by Crippen LogP contribution is -2.24. The minimum atomic E-state index is -2.64. The Bertz CT molecular complexity index is 837. The first-order chi connectivity index (χ1) is 13.8.